The van der Waals surface area contributed by atoms with Crippen molar-refractivity contribution in [1.29, 1.82) is 0 Å². The molecule has 0 bridgehead atoms. The molecule has 0 aromatic carbocycles. The van der Waals surface area contributed by atoms with E-state index in [0.717, 1.165) is 15.5 Å². The lowest BCUT2D eigenvalue weighted by Gasteiger charge is -2.17. The third-order valence-electron chi connectivity index (χ3n) is 4.59. The van der Waals surface area contributed by atoms with Gasteiger partial charge in [0.15, 0.2) is 17.4 Å². The quantitative estimate of drug-likeness (QED) is 0.102. The molecule has 2 aromatic heterocycles. The Hall–Kier alpha value is -1.30. The highest BCUT2D eigenvalue weighted by Gasteiger charge is 2.46. The standard InChI is InChI=1S/C14H21ClN4O13P2/c15-14-17-8-11(16-6-18(12(8)22)1-2-29-3-4-30-33(23,24)25)19(14)13-10(21)9(20)7(32-13)5-31-34(26,27)28/h6-7,9-10,13,20-21H,1-5H2,(H2,23,24,25)(H2,26,27,28)/t7-,9-,10-,13-/m1/s1. The molecule has 0 unspecified atom stereocenters. The molecule has 20 heteroatoms. The molecule has 34 heavy (non-hydrogen) atoms. The van der Waals surface area contributed by atoms with Crippen LogP contribution in [-0.2, 0) is 34.2 Å². The number of fused-ring (bicyclic) bond motifs is 1. The van der Waals surface area contributed by atoms with Gasteiger partial charge in [-0.15, -0.1) is 0 Å². The van der Waals surface area contributed by atoms with Crippen LogP contribution in [0.4, 0.5) is 0 Å². The summed E-state index contributed by atoms with van der Waals surface area (Å²) in [6.45, 7) is -1.24. The fraction of sp³-hybridized carbons (Fsp3) is 0.643. The predicted octanol–water partition coefficient (Wildman–Crippen LogP) is -1.90. The smallest absolute Gasteiger partial charge is 0.387 e. The Morgan fingerprint density at radius 3 is 2.38 bits per heavy atom. The minimum absolute atomic E-state index is 0.00518. The van der Waals surface area contributed by atoms with Crippen LogP contribution in [0.15, 0.2) is 11.1 Å². The SMILES string of the molecule is O=c1c2nc(Cl)n([C@@H]3O[C@H](COP(=O)(O)O)[C@@H](O)[C@H]3O)c2ncn1CCOCCOP(=O)(O)O. The van der Waals surface area contributed by atoms with E-state index in [1.54, 1.807) is 0 Å². The molecule has 1 fully saturated rings. The number of imidazole rings is 1. The number of rotatable bonds is 11. The fourth-order valence-electron chi connectivity index (χ4n) is 3.09. The van der Waals surface area contributed by atoms with Crippen molar-refractivity contribution in [1.82, 2.24) is 19.1 Å². The first-order valence-corrected chi connectivity index (χ1v) is 12.8. The van der Waals surface area contributed by atoms with E-state index >= 15 is 0 Å². The number of hydrogen-bond acceptors (Lipinski definition) is 11. The largest absolute Gasteiger partial charge is 0.469 e. The number of aromatic nitrogens is 4. The fourth-order valence-corrected chi connectivity index (χ4v) is 4.01. The molecule has 0 aliphatic carbocycles. The molecule has 1 aliphatic rings. The summed E-state index contributed by atoms with van der Waals surface area (Å²) in [5, 5.41) is 20.2. The van der Waals surface area contributed by atoms with Crippen LogP contribution in [0.3, 0.4) is 0 Å². The van der Waals surface area contributed by atoms with Gasteiger partial charge in [0.25, 0.3) is 5.56 Å². The van der Waals surface area contributed by atoms with Gasteiger partial charge in [0.1, 0.15) is 24.6 Å². The molecule has 4 atom stereocenters. The second-order valence-electron chi connectivity index (χ2n) is 6.93. The molecule has 1 saturated heterocycles. The maximum Gasteiger partial charge on any atom is 0.469 e. The minimum Gasteiger partial charge on any atom is -0.387 e. The number of phosphoric acid groups is 2. The van der Waals surface area contributed by atoms with Gasteiger partial charge in [-0.3, -0.25) is 23.0 Å². The number of halogens is 1. The molecule has 0 saturated carbocycles. The first-order valence-electron chi connectivity index (χ1n) is 9.41. The minimum atomic E-state index is -4.85. The first kappa shape index (κ1) is 27.3. The van der Waals surface area contributed by atoms with Gasteiger partial charge in [-0.1, -0.05) is 0 Å². The highest BCUT2D eigenvalue weighted by Crippen LogP contribution is 2.39. The van der Waals surface area contributed by atoms with Crippen LogP contribution in [0, 0.1) is 0 Å². The van der Waals surface area contributed by atoms with Crippen LogP contribution >= 0.6 is 27.2 Å². The van der Waals surface area contributed by atoms with Crippen molar-refractivity contribution in [2.45, 2.75) is 31.1 Å². The number of ether oxygens (including phenoxy) is 2. The van der Waals surface area contributed by atoms with Gasteiger partial charge < -0.3 is 39.3 Å². The normalized spacial score (nSPS) is 23.7. The third-order valence-corrected chi connectivity index (χ3v) is 5.86. The van der Waals surface area contributed by atoms with Gasteiger partial charge >= 0.3 is 15.6 Å². The summed E-state index contributed by atoms with van der Waals surface area (Å²) in [6.07, 6.45) is -4.79. The van der Waals surface area contributed by atoms with E-state index in [1.165, 1.54) is 0 Å². The van der Waals surface area contributed by atoms with Crippen LogP contribution in [0.1, 0.15) is 6.23 Å². The lowest BCUT2D eigenvalue weighted by Crippen LogP contribution is -2.33. The van der Waals surface area contributed by atoms with Crippen molar-refractivity contribution in [3.05, 3.63) is 22.0 Å². The molecule has 192 valence electrons. The monoisotopic (exact) mass is 550 g/mol. The molecule has 3 heterocycles. The van der Waals surface area contributed by atoms with E-state index in [-0.39, 0.29) is 42.8 Å². The molecule has 0 radical (unpaired) electrons. The van der Waals surface area contributed by atoms with Gasteiger partial charge in [-0.05, 0) is 11.6 Å². The highest BCUT2D eigenvalue weighted by atomic mass is 35.5. The zero-order valence-corrected chi connectivity index (χ0v) is 19.6. The van der Waals surface area contributed by atoms with Crippen molar-refractivity contribution < 1.29 is 57.4 Å². The van der Waals surface area contributed by atoms with Gasteiger partial charge in [-0.25, -0.2) is 19.1 Å². The Morgan fingerprint density at radius 1 is 1.06 bits per heavy atom. The number of aliphatic hydroxyl groups is 2. The summed E-state index contributed by atoms with van der Waals surface area (Å²) in [4.78, 5) is 55.5. The van der Waals surface area contributed by atoms with Crippen LogP contribution in [0.2, 0.25) is 5.28 Å². The first-order chi connectivity index (χ1) is 15.8. The highest BCUT2D eigenvalue weighted by molar-refractivity contribution is 7.46. The lowest BCUT2D eigenvalue weighted by atomic mass is 10.1. The van der Waals surface area contributed by atoms with Crippen molar-refractivity contribution in [2.24, 2.45) is 0 Å². The van der Waals surface area contributed by atoms with Crippen LogP contribution in [-0.4, -0.2) is 93.6 Å². The average molecular weight is 551 g/mol. The third kappa shape index (κ3) is 6.67. The van der Waals surface area contributed by atoms with E-state index < -0.39 is 52.4 Å². The second kappa shape index (κ2) is 10.8. The molecule has 2 aromatic rings. The molecule has 0 spiro atoms. The summed E-state index contributed by atoms with van der Waals surface area (Å²) in [5.41, 5.74) is -0.914. The van der Waals surface area contributed by atoms with Gasteiger partial charge in [-0.2, -0.15) is 0 Å². The Labute approximate surface area is 194 Å². The Balaban J connectivity index is 1.71. The summed E-state index contributed by atoms with van der Waals surface area (Å²) in [6, 6.07) is 0. The molecular weight excluding hydrogens is 530 g/mol. The predicted molar refractivity (Wildman–Crippen MR) is 110 cm³/mol. The van der Waals surface area contributed by atoms with E-state index in [4.69, 9.17) is 40.6 Å². The van der Waals surface area contributed by atoms with Crippen molar-refractivity contribution in [3.63, 3.8) is 0 Å². The number of phosphoric ester groups is 2. The summed E-state index contributed by atoms with van der Waals surface area (Å²) in [5.74, 6) is 0. The molecule has 1 aliphatic heterocycles. The summed E-state index contributed by atoms with van der Waals surface area (Å²) >= 11 is 6.11. The van der Waals surface area contributed by atoms with Crippen molar-refractivity contribution in [2.75, 3.05) is 26.4 Å². The Morgan fingerprint density at radius 2 is 1.74 bits per heavy atom. The van der Waals surface area contributed by atoms with Crippen molar-refractivity contribution >= 4 is 38.4 Å². The molecule has 3 rings (SSSR count). The Bertz CT molecular complexity index is 1160. The maximum atomic E-state index is 12.7. The van der Waals surface area contributed by atoms with Gasteiger partial charge in [0.2, 0.25) is 5.28 Å². The van der Waals surface area contributed by atoms with Gasteiger partial charge in [0.05, 0.1) is 33.0 Å². The molecular formula is C14H21ClN4O13P2. The summed E-state index contributed by atoms with van der Waals surface area (Å²) in [7, 11) is -9.45. The molecule has 6 N–H and O–H groups in total. The van der Waals surface area contributed by atoms with Crippen LogP contribution in [0.25, 0.3) is 11.2 Å². The Kier molecular flexibility index (Phi) is 8.63. The number of aliphatic hydroxyl groups excluding tert-OH is 2. The van der Waals surface area contributed by atoms with E-state index in [9.17, 15) is 24.1 Å². The second-order valence-corrected chi connectivity index (χ2v) is 9.75. The topological polar surface area (TPSA) is 245 Å². The van der Waals surface area contributed by atoms with E-state index in [0.29, 0.717) is 0 Å². The zero-order chi connectivity index (χ0) is 25.3. The number of hydrogen-bond donors (Lipinski definition) is 6. The van der Waals surface area contributed by atoms with Gasteiger partial charge in [0, 0.05) is 0 Å². The summed E-state index contributed by atoms with van der Waals surface area (Å²) < 4.78 is 42.8. The van der Waals surface area contributed by atoms with Crippen LogP contribution < -0.4 is 5.56 Å². The maximum absolute atomic E-state index is 12.7. The molecule has 17 nitrogen and oxygen atoms in total. The number of nitrogens with zero attached hydrogens (tertiary/aromatic N) is 4. The van der Waals surface area contributed by atoms with Crippen LogP contribution in [0.5, 0.6) is 0 Å². The van der Waals surface area contributed by atoms with E-state index in [1.807, 2.05) is 0 Å². The zero-order valence-electron chi connectivity index (χ0n) is 17.0. The average Bonchev–Trinajstić information content (AvgIpc) is 3.20. The van der Waals surface area contributed by atoms with E-state index in [2.05, 4.69) is 19.0 Å². The van der Waals surface area contributed by atoms with Crippen molar-refractivity contribution in [3.8, 4) is 0 Å². The molecule has 0 amide bonds. The lowest BCUT2D eigenvalue weighted by molar-refractivity contribution is -0.0502.